The Balaban J connectivity index is 2.02. The first kappa shape index (κ1) is 12.2. The zero-order valence-electron chi connectivity index (χ0n) is 9.01. The van der Waals surface area contributed by atoms with Crippen molar-refractivity contribution in [2.24, 2.45) is 5.92 Å². The highest BCUT2D eigenvalue weighted by molar-refractivity contribution is 14.1. The summed E-state index contributed by atoms with van der Waals surface area (Å²) in [4.78, 5) is 25.8. The van der Waals surface area contributed by atoms with Crippen LogP contribution in [0.15, 0.2) is 12.3 Å². The lowest BCUT2D eigenvalue weighted by molar-refractivity contribution is -0.497. The summed E-state index contributed by atoms with van der Waals surface area (Å²) in [6, 6.07) is 1.17. The van der Waals surface area contributed by atoms with Crippen molar-refractivity contribution < 1.29 is 9.72 Å². The number of nitrogens with zero attached hydrogens (tertiary/aromatic N) is 2. The molecular weight excluding hydrogens is 337 g/mol. The van der Waals surface area contributed by atoms with E-state index in [-0.39, 0.29) is 5.91 Å². The third-order valence-corrected chi connectivity index (χ3v) is 3.24. The lowest BCUT2D eigenvalue weighted by atomic mass is 10.3. The Morgan fingerprint density at radius 1 is 1.71 bits per heavy atom. The molecule has 1 aromatic heterocycles. The Bertz CT molecular complexity index is 492. The molecule has 1 aromatic rings. The van der Waals surface area contributed by atoms with E-state index in [1.807, 2.05) is 13.0 Å². The molecule has 1 saturated carbocycles. The van der Waals surface area contributed by atoms with Gasteiger partial charge in [0.05, 0.1) is 0 Å². The molecule has 7 heteroatoms. The Labute approximate surface area is 111 Å². The summed E-state index contributed by atoms with van der Waals surface area (Å²) >= 11 is 2.13. The number of anilines is 1. The summed E-state index contributed by atoms with van der Waals surface area (Å²) in [7, 11) is 0. The first-order valence-electron chi connectivity index (χ1n) is 5.05. The molecule has 0 radical (unpaired) electrons. The number of nitrogens with one attached hydrogen (secondary N) is 1. The largest absolute Gasteiger partial charge is 0.310 e. The van der Waals surface area contributed by atoms with E-state index in [1.165, 1.54) is 0 Å². The van der Waals surface area contributed by atoms with E-state index < -0.39 is 16.9 Å². The fourth-order valence-corrected chi connectivity index (χ4v) is 2.18. The number of hydrogen-bond donors (Lipinski definition) is 1. The monoisotopic (exact) mass is 347 g/mol. The second-order valence-electron chi connectivity index (χ2n) is 4.00. The van der Waals surface area contributed by atoms with Gasteiger partial charge in [-0.05, 0) is 41.1 Å². The molecule has 1 aliphatic rings. The topological polar surface area (TPSA) is 85.1 Å². The Kier molecular flexibility index (Phi) is 3.27. The summed E-state index contributed by atoms with van der Waals surface area (Å²) in [5.74, 6) is -0.349. The average molecular weight is 347 g/mol. The van der Waals surface area contributed by atoms with Crippen molar-refractivity contribution in [2.75, 3.05) is 5.32 Å². The summed E-state index contributed by atoms with van der Waals surface area (Å²) in [6.45, 7) is 1.84. The Morgan fingerprint density at radius 3 is 2.94 bits per heavy atom. The number of carbonyl (C=O) groups excluding carboxylic acids is 1. The van der Waals surface area contributed by atoms with Gasteiger partial charge in [-0.25, -0.2) is 4.98 Å². The Morgan fingerprint density at radius 2 is 2.41 bits per heavy atom. The number of hydrogen-bond acceptors (Lipinski definition) is 4. The molecule has 1 N–H and O–H groups in total. The second kappa shape index (κ2) is 4.55. The molecule has 1 aliphatic carbocycles. The average Bonchev–Trinajstić information content (AvgIpc) is 3.01. The molecule has 2 atom stereocenters. The van der Waals surface area contributed by atoms with E-state index in [4.69, 9.17) is 0 Å². The van der Waals surface area contributed by atoms with Crippen LogP contribution < -0.4 is 5.32 Å². The predicted molar refractivity (Wildman–Crippen MR) is 69.2 cm³/mol. The molecule has 1 amide bonds. The van der Waals surface area contributed by atoms with E-state index in [9.17, 15) is 14.9 Å². The van der Waals surface area contributed by atoms with Gasteiger partial charge < -0.3 is 5.32 Å². The number of amides is 1. The van der Waals surface area contributed by atoms with Crippen molar-refractivity contribution in [1.82, 2.24) is 4.98 Å². The van der Waals surface area contributed by atoms with Crippen LogP contribution in [-0.4, -0.2) is 21.9 Å². The standard InChI is InChI=1S/C10H10IN3O3/c1-5-2-6(11)4-12-9(5)13-10(15)7-3-8(7)14(16)17/h2,4,7-8H,3H2,1H3,(H,12,13,15)/t7-,8+/m1/s1. The number of aromatic nitrogens is 1. The highest BCUT2D eigenvalue weighted by Crippen LogP contribution is 2.34. The molecule has 0 unspecified atom stereocenters. The molecule has 1 heterocycles. The van der Waals surface area contributed by atoms with Gasteiger partial charge in [-0.3, -0.25) is 14.9 Å². The molecule has 6 nitrogen and oxygen atoms in total. The summed E-state index contributed by atoms with van der Waals surface area (Å²) in [6.07, 6.45) is 1.96. The van der Waals surface area contributed by atoms with Crippen LogP contribution in [0.1, 0.15) is 12.0 Å². The van der Waals surface area contributed by atoms with Crippen LogP contribution in [0.4, 0.5) is 5.82 Å². The Hall–Kier alpha value is -1.25. The van der Waals surface area contributed by atoms with Crippen molar-refractivity contribution in [2.45, 2.75) is 19.4 Å². The van der Waals surface area contributed by atoms with Crippen LogP contribution in [0.5, 0.6) is 0 Å². The van der Waals surface area contributed by atoms with E-state index in [0.29, 0.717) is 12.2 Å². The summed E-state index contributed by atoms with van der Waals surface area (Å²) in [5, 5.41) is 13.1. The quantitative estimate of drug-likeness (QED) is 0.511. The minimum Gasteiger partial charge on any atom is -0.310 e. The van der Waals surface area contributed by atoms with Crippen molar-refractivity contribution in [1.29, 1.82) is 0 Å². The summed E-state index contributed by atoms with van der Waals surface area (Å²) < 4.78 is 0.979. The second-order valence-corrected chi connectivity index (χ2v) is 5.25. The van der Waals surface area contributed by atoms with Crippen LogP contribution in [0, 0.1) is 26.5 Å². The number of rotatable bonds is 3. The van der Waals surface area contributed by atoms with Crippen LogP contribution >= 0.6 is 22.6 Å². The van der Waals surface area contributed by atoms with E-state index in [0.717, 1.165) is 9.13 Å². The molecule has 2 rings (SSSR count). The molecule has 0 saturated heterocycles. The van der Waals surface area contributed by atoms with Gasteiger partial charge in [-0.1, -0.05) is 0 Å². The number of nitro groups is 1. The van der Waals surface area contributed by atoms with Gasteiger partial charge in [0.15, 0.2) is 0 Å². The molecule has 0 aromatic carbocycles. The van der Waals surface area contributed by atoms with Crippen molar-refractivity contribution in [3.63, 3.8) is 0 Å². The van der Waals surface area contributed by atoms with Crippen molar-refractivity contribution >= 4 is 34.3 Å². The first-order chi connectivity index (χ1) is 7.99. The van der Waals surface area contributed by atoms with E-state index in [1.54, 1.807) is 6.20 Å². The smallest absolute Gasteiger partial charge is 0.235 e. The van der Waals surface area contributed by atoms with E-state index in [2.05, 4.69) is 32.9 Å². The number of halogens is 1. The van der Waals surface area contributed by atoms with Crippen molar-refractivity contribution in [3.8, 4) is 0 Å². The van der Waals surface area contributed by atoms with Crippen LogP contribution in [0.25, 0.3) is 0 Å². The lowest BCUT2D eigenvalue weighted by Crippen LogP contribution is -2.19. The van der Waals surface area contributed by atoms with Gasteiger partial charge in [0.25, 0.3) is 0 Å². The lowest BCUT2D eigenvalue weighted by Gasteiger charge is -2.06. The van der Waals surface area contributed by atoms with Gasteiger partial charge in [0.2, 0.25) is 11.9 Å². The highest BCUT2D eigenvalue weighted by atomic mass is 127. The zero-order chi connectivity index (χ0) is 12.6. The van der Waals surface area contributed by atoms with Crippen molar-refractivity contribution in [3.05, 3.63) is 31.5 Å². The first-order valence-corrected chi connectivity index (χ1v) is 6.13. The van der Waals surface area contributed by atoms with E-state index >= 15 is 0 Å². The SMILES string of the molecule is Cc1cc(I)cnc1NC(=O)[C@@H]1C[C@@H]1[N+](=O)[O-]. The molecule has 0 aliphatic heterocycles. The molecule has 90 valence electrons. The van der Waals surface area contributed by atoms with Gasteiger partial charge >= 0.3 is 0 Å². The molecular formula is C10H10IN3O3. The van der Waals surface area contributed by atoms with Crippen LogP contribution in [0.2, 0.25) is 0 Å². The number of pyridine rings is 1. The van der Waals surface area contributed by atoms with Gasteiger partial charge in [-0.15, -0.1) is 0 Å². The van der Waals surface area contributed by atoms with Gasteiger partial charge in [0, 0.05) is 21.1 Å². The minimum atomic E-state index is -0.723. The third-order valence-electron chi connectivity index (χ3n) is 2.65. The van der Waals surface area contributed by atoms with Gasteiger partial charge in [-0.2, -0.15) is 0 Å². The normalized spacial score (nSPS) is 22.0. The molecule has 17 heavy (non-hydrogen) atoms. The molecule has 0 bridgehead atoms. The maximum atomic E-state index is 11.7. The third kappa shape index (κ3) is 2.71. The highest BCUT2D eigenvalue weighted by Gasteiger charge is 2.53. The fourth-order valence-electron chi connectivity index (χ4n) is 1.58. The van der Waals surface area contributed by atoms with Crippen LogP contribution in [0.3, 0.4) is 0 Å². The number of carbonyl (C=O) groups is 1. The maximum absolute atomic E-state index is 11.7. The molecule has 1 fully saturated rings. The number of aryl methyl sites for hydroxylation is 1. The van der Waals surface area contributed by atoms with Crippen LogP contribution in [-0.2, 0) is 4.79 Å². The van der Waals surface area contributed by atoms with Gasteiger partial charge in [0.1, 0.15) is 11.7 Å². The summed E-state index contributed by atoms with van der Waals surface area (Å²) in [5.41, 5.74) is 0.851. The fraction of sp³-hybridized carbons (Fsp3) is 0.400. The maximum Gasteiger partial charge on any atom is 0.235 e. The minimum absolute atomic E-state index is 0.316. The predicted octanol–water partition coefficient (Wildman–Crippen LogP) is 1.60. The molecule has 0 spiro atoms. The zero-order valence-corrected chi connectivity index (χ0v) is 11.2.